The SMILES string of the molecule is COc1ncc(-c2ccc3nccc(=O)n3n2)cc1NS(=O)(=O)c1cccc(F)c1. The first kappa shape index (κ1) is 19.5. The Morgan fingerprint density at radius 1 is 1.10 bits per heavy atom. The molecule has 0 amide bonds. The van der Waals surface area contributed by atoms with Gasteiger partial charge in [0.15, 0.2) is 5.65 Å². The van der Waals surface area contributed by atoms with Gasteiger partial charge < -0.3 is 4.74 Å². The third-order valence-electron chi connectivity index (χ3n) is 4.14. The van der Waals surface area contributed by atoms with Crippen LogP contribution in [-0.4, -0.2) is 35.1 Å². The quantitative estimate of drug-likeness (QED) is 0.519. The van der Waals surface area contributed by atoms with E-state index in [2.05, 4.69) is 19.8 Å². The minimum atomic E-state index is -4.10. The van der Waals surface area contributed by atoms with Crippen molar-refractivity contribution in [2.24, 2.45) is 0 Å². The van der Waals surface area contributed by atoms with Crippen LogP contribution in [0.25, 0.3) is 16.9 Å². The van der Waals surface area contributed by atoms with Crippen molar-refractivity contribution in [3.05, 3.63) is 77.1 Å². The van der Waals surface area contributed by atoms with E-state index in [1.54, 1.807) is 12.1 Å². The molecule has 152 valence electrons. The Balaban J connectivity index is 1.78. The van der Waals surface area contributed by atoms with Crippen molar-refractivity contribution in [1.82, 2.24) is 19.6 Å². The van der Waals surface area contributed by atoms with Crippen molar-refractivity contribution in [2.45, 2.75) is 4.90 Å². The fraction of sp³-hybridized carbons (Fsp3) is 0.0526. The van der Waals surface area contributed by atoms with Gasteiger partial charge in [0, 0.05) is 24.0 Å². The van der Waals surface area contributed by atoms with E-state index < -0.39 is 15.8 Å². The van der Waals surface area contributed by atoms with Gasteiger partial charge >= 0.3 is 0 Å². The third-order valence-corrected chi connectivity index (χ3v) is 5.50. The zero-order valence-corrected chi connectivity index (χ0v) is 16.3. The second-order valence-corrected chi connectivity index (χ2v) is 7.80. The van der Waals surface area contributed by atoms with Crippen molar-refractivity contribution in [3.8, 4) is 17.1 Å². The Kier molecular flexibility index (Phi) is 4.88. The summed E-state index contributed by atoms with van der Waals surface area (Å²) in [6, 6.07) is 10.5. The van der Waals surface area contributed by atoms with Crippen LogP contribution in [0.3, 0.4) is 0 Å². The number of benzene rings is 1. The Morgan fingerprint density at radius 2 is 1.93 bits per heavy atom. The molecule has 0 atom stereocenters. The maximum Gasteiger partial charge on any atom is 0.274 e. The highest BCUT2D eigenvalue weighted by Gasteiger charge is 2.19. The average Bonchev–Trinajstić information content (AvgIpc) is 2.73. The number of hydrogen-bond donors (Lipinski definition) is 1. The third kappa shape index (κ3) is 3.70. The van der Waals surface area contributed by atoms with Crippen molar-refractivity contribution in [1.29, 1.82) is 0 Å². The van der Waals surface area contributed by atoms with Gasteiger partial charge in [0.1, 0.15) is 11.5 Å². The number of halogens is 1. The summed E-state index contributed by atoms with van der Waals surface area (Å²) in [5.74, 6) is -0.672. The summed E-state index contributed by atoms with van der Waals surface area (Å²) in [7, 11) is -2.77. The molecule has 0 saturated heterocycles. The molecule has 4 rings (SSSR count). The summed E-state index contributed by atoms with van der Waals surface area (Å²) in [6.07, 6.45) is 2.81. The van der Waals surface area contributed by atoms with Gasteiger partial charge in [-0.1, -0.05) is 6.07 Å². The lowest BCUT2D eigenvalue weighted by molar-refractivity contribution is 0.400. The maximum atomic E-state index is 13.5. The van der Waals surface area contributed by atoms with E-state index in [-0.39, 0.29) is 22.0 Å². The normalized spacial score (nSPS) is 11.4. The molecule has 4 aromatic rings. The van der Waals surface area contributed by atoms with Crippen LogP contribution in [0.5, 0.6) is 5.88 Å². The first-order chi connectivity index (χ1) is 14.4. The lowest BCUT2D eigenvalue weighted by atomic mass is 10.2. The van der Waals surface area contributed by atoms with Crippen LogP contribution in [0, 0.1) is 5.82 Å². The molecule has 0 aliphatic rings. The van der Waals surface area contributed by atoms with Crippen molar-refractivity contribution >= 4 is 21.4 Å². The number of sulfonamides is 1. The van der Waals surface area contributed by atoms with Crippen LogP contribution in [0.2, 0.25) is 0 Å². The number of nitrogens with one attached hydrogen (secondary N) is 1. The molecule has 0 aliphatic carbocycles. The second kappa shape index (κ2) is 7.52. The van der Waals surface area contributed by atoms with E-state index in [4.69, 9.17) is 4.74 Å². The molecule has 0 saturated carbocycles. The van der Waals surface area contributed by atoms with E-state index in [1.807, 2.05) is 0 Å². The van der Waals surface area contributed by atoms with Crippen LogP contribution in [-0.2, 0) is 10.0 Å². The van der Waals surface area contributed by atoms with Crippen molar-refractivity contribution in [3.63, 3.8) is 0 Å². The lowest BCUT2D eigenvalue weighted by Crippen LogP contribution is -2.16. The second-order valence-electron chi connectivity index (χ2n) is 6.12. The first-order valence-electron chi connectivity index (χ1n) is 8.55. The summed E-state index contributed by atoms with van der Waals surface area (Å²) in [4.78, 5) is 19.9. The number of hydrogen-bond acceptors (Lipinski definition) is 7. The standard InChI is InChI=1S/C19H14FN5O4S/c1-29-19-16(24-30(27,28)14-4-2-3-13(20)10-14)9-12(11-22-19)15-5-6-17-21-8-7-18(26)25(17)23-15/h2-11,24H,1H3. The van der Waals surface area contributed by atoms with Crippen LogP contribution >= 0.6 is 0 Å². The molecule has 0 bridgehead atoms. The Labute approximate surface area is 169 Å². The largest absolute Gasteiger partial charge is 0.480 e. The zero-order chi connectivity index (χ0) is 21.3. The maximum absolute atomic E-state index is 13.5. The van der Waals surface area contributed by atoms with Crippen LogP contribution in [0.4, 0.5) is 10.1 Å². The molecule has 9 nitrogen and oxygen atoms in total. The molecule has 1 N–H and O–H groups in total. The van der Waals surface area contributed by atoms with Gasteiger partial charge in [-0.3, -0.25) is 9.52 Å². The number of anilines is 1. The molecular weight excluding hydrogens is 413 g/mol. The van der Waals surface area contributed by atoms with Crippen LogP contribution < -0.4 is 15.0 Å². The minimum Gasteiger partial charge on any atom is -0.480 e. The number of rotatable bonds is 5. The molecule has 0 radical (unpaired) electrons. The number of nitrogens with zero attached hydrogens (tertiary/aromatic N) is 4. The number of aromatic nitrogens is 4. The van der Waals surface area contributed by atoms with Gasteiger partial charge in [-0.05, 0) is 36.4 Å². The zero-order valence-electron chi connectivity index (χ0n) is 15.5. The Morgan fingerprint density at radius 3 is 2.70 bits per heavy atom. The predicted molar refractivity (Wildman–Crippen MR) is 106 cm³/mol. The number of pyridine rings is 1. The van der Waals surface area contributed by atoms with Gasteiger partial charge in [0.05, 0.1) is 17.7 Å². The Bertz CT molecular complexity index is 1420. The van der Waals surface area contributed by atoms with E-state index in [0.29, 0.717) is 16.9 Å². The predicted octanol–water partition coefficient (Wildman–Crippen LogP) is 2.10. The number of fused-ring (bicyclic) bond motifs is 1. The molecule has 0 spiro atoms. The van der Waals surface area contributed by atoms with Crippen molar-refractivity contribution < 1.29 is 17.5 Å². The van der Waals surface area contributed by atoms with E-state index in [0.717, 1.165) is 16.6 Å². The monoisotopic (exact) mass is 427 g/mol. The van der Waals surface area contributed by atoms with Gasteiger partial charge in [-0.15, -0.1) is 0 Å². The van der Waals surface area contributed by atoms with Gasteiger partial charge in [-0.25, -0.2) is 22.8 Å². The number of ether oxygens (including phenoxy) is 1. The van der Waals surface area contributed by atoms with Crippen LogP contribution in [0.1, 0.15) is 0 Å². The van der Waals surface area contributed by atoms with Gasteiger partial charge in [0.25, 0.3) is 15.6 Å². The summed E-state index contributed by atoms with van der Waals surface area (Å²) in [5, 5.41) is 4.24. The summed E-state index contributed by atoms with van der Waals surface area (Å²) in [6.45, 7) is 0. The lowest BCUT2D eigenvalue weighted by Gasteiger charge is -2.12. The summed E-state index contributed by atoms with van der Waals surface area (Å²) < 4.78 is 47.4. The molecule has 3 aromatic heterocycles. The molecule has 0 fully saturated rings. The van der Waals surface area contributed by atoms with E-state index in [9.17, 15) is 17.6 Å². The fourth-order valence-corrected chi connectivity index (χ4v) is 3.82. The molecule has 3 heterocycles. The molecule has 11 heteroatoms. The molecular formula is C19H14FN5O4S. The van der Waals surface area contributed by atoms with Crippen molar-refractivity contribution in [2.75, 3.05) is 11.8 Å². The Hall–Kier alpha value is -3.86. The minimum absolute atomic E-state index is 0.0124. The fourth-order valence-electron chi connectivity index (χ4n) is 2.74. The molecule has 30 heavy (non-hydrogen) atoms. The molecule has 0 unspecified atom stereocenters. The van der Waals surface area contributed by atoms with E-state index >= 15 is 0 Å². The smallest absolute Gasteiger partial charge is 0.274 e. The topological polar surface area (TPSA) is 116 Å². The average molecular weight is 427 g/mol. The first-order valence-corrected chi connectivity index (χ1v) is 10.0. The molecule has 0 aliphatic heterocycles. The van der Waals surface area contributed by atoms with Gasteiger partial charge in [0.2, 0.25) is 5.88 Å². The highest BCUT2D eigenvalue weighted by Crippen LogP contribution is 2.29. The summed E-state index contributed by atoms with van der Waals surface area (Å²) >= 11 is 0. The molecule has 1 aromatic carbocycles. The highest BCUT2D eigenvalue weighted by atomic mass is 32.2. The van der Waals surface area contributed by atoms with Gasteiger partial charge in [-0.2, -0.15) is 9.61 Å². The summed E-state index contributed by atoms with van der Waals surface area (Å²) in [5.41, 5.74) is 0.805. The van der Waals surface area contributed by atoms with Crippen LogP contribution in [0.15, 0.2) is 70.6 Å². The highest BCUT2D eigenvalue weighted by molar-refractivity contribution is 7.92. The number of methoxy groups -OCH3 is 1. The van der Waals surface area contributed by atoms with E-state index in [1.165, 1.54) is 43.8 Å².